The van der Waals surface area contributed by atoms with Crippen LogP contribution in [0.15, 0.2) is 42.5 Å². The number of aryl methyl sites for hydroxylation is 1. The van der Waals surface area contributed by atoms with Crippen molar-refractivity contribution < 1.29 is 29.0 Å². The number of carbonyl (C=O) groups is 3. The summed E-state index contributed by atoms with van der Waals surface area (Å²) in [4.78, 5) is 58.9. The van der Waals surface area contributed by atoms with Crippen molar-refractivity contribution >= 4 is 34.7 Å². The van der Waals surface area contributed by atoms with Crippen molar-refractivity contribution in [2.45, 2.75) is 13.3 Å². The summed E-state index contributed by atoms with van der Waals surface area (Å²) in [6.45, 7) is 0.913. The lowest BCUT2D eigenvalue weighted by molar-refractivity contribution is -0.385. The number of nitro benzene ring substituents is 2. The number of non-ortho nitro benzene ring substituents is 1. The van der Waals surface area contributed by atoms with Gasteiger partial charge in [-0.2, -0.15) is 0 Å². The predicted molar refractivity (Wildman–Crippen MR) is 107 cm³/mol. The summed E-state index contributed by atoms with van der Waals surface area (Å²) in [6.07, 6.45) is -0.161. The Bertz CT molecular complexity index is 1100. The maximum Gasteiger partial charge on any atom is 0.311 e. The molecule has 1 aliphatic rings. The fourth-order valence-electron chi connectivity index (χ4n) is 3.21. The number of nitro groups is 2. The molecule has 0 bridgehead atoms. The first-order valence-corrected chi connectivity index (χ1v) is 9.17. The first kappa shape index (κ1) is 21.6. The van der Waals surface area contributed by atoms with Crippen LogP contribution >= 0.6 is 0 Å². The fraction of sp³-hybridized carbons (Fsp3) is 0.250. The van der Waals surface area contributed by atoms with Crippen molar-refractivity contribution in [3.8, 4) is 0 Å². The first-order chi connectivity index (χ1) is 14.7. The van der Waals surface area contributed by atoms with Gasteiger partial charge in [0, 0.05) is 42.3 Å². The van der Waals surface area contributed by atoms with Gasteiger partial charge in [-0.25, -0.2) is 0 Å². The molecule has 0 N–H and O–H groups in total. The second-order valence-corrected chi connectivity index (χ2v) is 6.97. The lowest BCUT2D eigenvalue weighted by Crippen LogP contribution is -2.27. The molecule has 0 aliphatic carbocycles. The van der Waals surface area contributed by atoms with E-state index in [-0.39, 0.29) is 29.9 Å². The molecule has 2 aromatic carbocycles. The average molecular weight is 427 g/mol. The van der Waals surface area contributed by atoms with E-state index < -0.39 is 40.0 Å². The number of anilines is 1. The van der Waals surface area contributed by atoms with E-state index in [0.717, 1.165) is 6.07 Å². The second-order valence-electron chi connectivity index (χ2n) is 6.97. The van der Waals surface area contributed by atoms with Crippen LogP contribution in [0.1, 0.15) is 22.3 Å². The third kappa shape index (κ3) is 4.71. The highest BCUT2D eigenvalue weighted by Gasteiger charge is 2.37. The number of hydrogen-bond donors (Lipinski definition) is 0. The van der Waals surface area contributed by atoms with E-state index in [9.17, 15) is 34.6 Å². The third-order valence-corrected chi connectivity index (χ3v) is 4.88. The van der Waals surface area contributed by atoms with Gasteiger partial charge in [-0.1, -0.05) is 18.2 Å². The van der Waals surface area contributed by atoms with Crippen LogP contribution in [0, 0.1) is 33.1 Å². The van der Waals surface area contributed by atoms with E-state index in [2.05, 4.69) is 0 Å². The minimum absolute atomic E-state index is 0.0260. The van der Waals surface area contributed by atoms with Gasteiger partial charge in [-0.3, -0.25) is 34.6 Å². The number of hydrogen-bond acceptors (Lipinski definition) is 8. The number of nitrogens with zero attached hydrogens (tertiary/aromatic N) is 3. The van der Waals surface area contributed by atoms with E-state index in [1.807, 2.05) is 0 Å². The van der Waals surface area contributed by atoms with Crippen molar-refractivity contribution in [3.63, 3.8) is 0 Å². The molecular weight excluding hydrogens is 410 g/mol. The van der Waals surface area contributed by atoms with Crippen LogP contribution in [0.25, 0.3) is 0 Å². The number of amides is 1. The van der Waals surface area contributed by atoms with Gasteiger partial charge in [-0.15, -0.1) is 0 Å². The first-order valence-electron chi connectivity index (χ1n) is 9.17. The summed E-state index contributed by atoms with van der Waals surface area (Å²) in [5.41, 5.74) is 0.361. The Morgan fingerprint density at radius 2 is 1.87 bits per heavy atom. The van der Waals surface area contributed by atoms with Gasteiger partial charge in [-0.05, 0) is 13.0 Å². The van der Waals surface area contributed by atoms with Gasteiger partial charge in [0.2, 0.25) is 11.7 Å². The Hall–Kier alpha value is -4.15. The van der Waals surface area contributed by atoms with Gasteiger partial charge in [0.15, 0.2) is 6.61 Å². The number of esters is 1. The highest BCUT2D eigenvalue weighted by molar-refractivity contribution is 6.01. The van der Waals surface area contributed by atoms with Gasteiger partial charge in [0.1, 0.15) is 0 Å². The van der Waals surface area contributed by atoms with E-state index in [1.165, 1.54) is 35.2 Å². The van der Waals surface area contributed by atoms with Crippen LogP contribution in [-0.2, 0) is 14.3 Å². The lowest BCUT2D eigenvalue weighted by atomic mass is 10.1. The molecule has 1 amide bonds. The Balaban J connectivity index is 1.64. The Kier molecular flexibility index (Phi) is 6.05. The van der Waals surface area contributed by atoms with Gasteiger partial charge >= 0.3 is 5.97 Å². The topological polar surface area (TPSA) is 150 Å². The van der Waals surface area contributed by atoms with Crippen LogP contribution in [0.3, 0.4) is 0 Å². The highest BCUT2D eigenvalue weighted by atomic mass is 16.6. The zero-order valence-corrected chi connectivity index (χ0v) is 16.3. The summed E-state index contributed by atoms with van der Waals surface area (Å²) in [7, 11) is 0. The minimum Gasteiger partial charge on any atom is -0.457 e. The zero-order chi connectivity index (χ0) is 22.7. The smallest absolute Gasteiger partial charge is 0.311 e. The normalized spacial score (nSPS) is 15.6. The molecule has 1 fully saturated rings. The molecular formula is C20H17N3O8. The number of benzene rings is 2. The molecule has 0 saturated carbocycles. The van der Waals surface area contributed by atoms with Crippen LogP contribution in [0.5, 0.6) is 0 Å². The van der Waals surface area contributed by atoms with Crippen molar-refractivity contribution in [1.82, 2.24) is 0 Å². The average Bonchev–Trinajstić information content (AvgIpc) is 3.13. The summed E-state index contributed by atoms with van der Waals surface area (Å²) in [6, 6.07) is 9.38. The van der Waals surface area contributed by atoms with E-state index in [1.54, 1.807) is 13.0 Å². The SMILES string of the molecule is Cc1ccc(N2C[C@@H](C(=O)OCC(=O)c3cccc([N+](=O)[O-])c3)CC2=O)cc1[N+](=O)[O-]. The summed E-state index contributed by atoms with van der Waals surface area (Å²) in [5.74, 6) is -2.63. The summed E-state index contributed by atoms with van der Waals surface area (Å²) < 4.78 is 5.01. The number of rotatable bonds is 7. The molecule has 11 nitrogen and oxygen atoms in total. The largest absolute Gasteiger partial charge is 0.457 e. The fourth-order valence-corrected chi connectivity index (χ4v) is 3.21. The molecule has 31 heavy (non-hydrogen) atoms. The number of ketones is 1. The van der Waals surface area contributed by atoms with Crippen molar-refractivity contribution in [3.05, 3.63) is 73.8 Å². The van der Waals surface area contributed by atoms with Crippen molar-refractivity contribution in [1.29, 1.82) is 0 Å². The molecule has 1 atom stereocenters. The maximum absolute atomic E-state index is 12.3. The molecule has 1 aliphatic heterocycles. The molecule has 3 rings (SSSR count). The molecule has 0 aromatic heterocycles. The molecule has 1 saturated heterocycles. The van der Waals surface area contributed by atoms with E-state index in [0.29, 0.717) is 11.3 Å². The van der Waals surface area contributed by atoms with Gasteiger partial charge < -0.3 is 9.64 Å². The summed E-state index contributed by atoms with van der Waals surface area (Å²) in [5, 5.41) is 21.9. The zero-order valence-electron chi connectivity index (χ0n) is 16.3. The van der Waals surface area contributed by atoms with Crippen molar-refractivity contribution in [2.24, 2.45) is 5.92 Å². The number of ether oxygens (including phenoxy) is 1. The maximum atomic E-state index is 12.3. The van der Waals surface area contributed by atoms with Crippen LogP contribution in [-0.4, -0.2) is 40.7 Å². The molecule has 0 spiro atoms. The van der Waals surface area contributed by atoms with E-state index >= 15 is 0 Å². The predicted octanol–water partition coefficient (Wildman–Crippen LogP) is 2.59. The molecule has 160 valence electrons. The third-order valence-electron chi connectivity index (χ3n) is 4.88. The van der Waals surface area contributed by atoms with Gasteiger partial charge in [0.25, 0.3) is 11.4 Å². The van der Waals surface area contributed by atoms with Crippen LogP contribution < -0.4 is 4.90 Å². The Morgan fingerprint density at radius 3 is 2.55 bits per heavy atom. The van der Waals surface area contributed by atoms with Crippen LogP contribution in [0.4, 0.5) is 17.1 Å². The number of carbonyl (C=O) groups excluding carboxylic acids is 3. The second kappa shape index (κ2) is 8.69. The van der Waals surface area contributed by atoms with Crippen molar-refractivity contribution in [2.75, 3.05) is 18.1 Å². The molecule has 2 aromatic rings. The van der Waals surface area contributed by atoms with E-state index in [4.69, 9.17) is 4.74 Å². The lowest BCUT2D eigenvalue weighted by Gasteiger charge is -2.16. The monoisotopic (exact) mass is 427 g/mol. The standard InChI is InChI=1S/C20H17N3O8/c1-12-5-6-15(9-17(12)23(29)30)21-10-14(8-19(21)25)20(26)31-11-18(24)13-3-2-4-16(7-13)22(27)28/h2-7,9,14H,8,10-11H2,1H3/t14-/m0/s1. The Morgan fingerprint density at radius 1 is 1.13 bits per heavy atom. The molecule has 1 heterocycles. The van der Waals surface area contributed by atoms with Crippen LogP contribution in [0.2, 0.25) is 0 Å². The quantitative estimate of drug-likeness (QED) is 0.283. The molecule has 11 heteroatoms. The summed E-state index contributed by atoms with van der Waals surface area (Å²) >= 11 is 0. The Labute approximate surface area is 175 Å². The molecule has 0 radical (unpaired) electrons. The minimum atomic E-state index is -0.842. The number of Topliss-reactive ketones (excluding diaryl/α,β-unsaturated/α-hetero) is 1. The highest BCUT2D eigenvalue weighted by Crippen LogP contribution is 2.30. The molecule has 0 unspecified atom stereocenters. The van der Waals surface area contributed by atoms with Gasteiger partial charge in [0.05, 0.1) is 21.5 Å².